The van der Waals surface area contributed by atoms with Crippen molar-refractivity contribution in [3.05, 3.63) is 17.7 Å². The number of hydrogen-bond donors (Lipinski definition) is 3. The van der Waals surface area contributed by atoms with Gasteiger partial charge in [-0.1, -0.05) is 0 Å². The minimum atomic E-state index is -3.89. The van der Waals surface area contributed by atoms with Crippen LogP contribution < -0.4 is 16.2 Å². The first-order valence-electron chi connectivity index (χ1n) is 5.53. The number of ether oxygens (including phenoxy) is 1. The van der Waals surface area contributed by atoms with Crippen LogP contribution in [0.1, 0.15) is 18.4 Å². The first-order valence-corrected chi connectivity index (χ1v) is 7.14. The Bertz CT molecular complexity index is 491. The molecule has 0 aliphatic carbocycles. The molecular weight excluding hydrogens is 256 g/mol. The van der Waals surface area contributed by atoms with Gasteiger partial charge in [-0.05, 0) is 37.5 Å². The quantitative estimate of drug-likeness (QED) is 0.408. The van der Waals surface area contributed by atoms with Crippen molar-refractivity contribution in [3.8, 4) is 5.75 Å². The molecule has 102 valence electrons. The molecule has 0 radical (unpaired) electrons. The summed E-state index contributed by atoms with van der Waals surface area (Å²) in [6.45, 7) is 2.17. The van der Waals surface area contributed by atoms with Crippen molar-refractivity contribution in [2.24, 2.45) is 0 Å². The summed E-state index contributed by atoms with van der Waals surface area (Å²) >= 11 is 0. The van der Waals surface area contributed by atoms with Crippen LogP contribution in [0.3, 0.4) is 0 Å². The summed E-state index contributed by atoms with van der Waals surface area (Å²) in [6, 6.07) is 3.37. The molecule has 18 heavy (non-hydrogen) atoms. The largest absolute Gasteiger partial charge is 0.491 e. The Balaban J connectivity index is 2.45. The standard InChI is InChI=1S/C11H18N2O4S/c1-8-6-9(12)7-10(13)11(8)17-4-2-3-5-18(14,15)16/h6-7H,2-5,12-13H2,1H3,(H,14,15,16). The zero-order chi connectivity index (χ0) is 13.8. The monoisotopic (exact) mass is 274 g/mol. The molecule has 0 saturated carbocycles. The highest BCUT2D eigenvalue weighted by Gasteiger charge is 2.07. The third-order valence-electron chi connectivity index (χ3n) is 2.37. The molecule has 0 saturated heterocycles. The zero-order valence-corrected chi connectivity index (χ0v) is 11.0. The maximum absolute atomic E-state index is 10.5. The highest BCUT2D eigenvalue weighted by Crippen LogP contribution is 2.28. The summed E-state index contributed by atoms with van der Waals surface area (Å²) in [7, 11) is -3.89. The predicted molar refractivity (Wildman–Crippen MR) is 71.1 cm³/mol. The van der Waals surface area contributed by atoms with Crippen LogP contribution in [0.4, 0.5) is 11.4 Å². The van der Waals surface area contributed by atoms with Gasteiger partial charge in [-0.2, -0.15) is 8.42 Å². The molecule has 7 heteroatoms. The van der Waals surface area contributed by atoms with Crippen molar-refractivity contribution in [2.75, 3.05) is 23.8 Å². The summed E-state index contributed by atoms with van der Waals surface area (Å²) in [5, 5.41) is 0. The summed E-state index contributed by atoms with van der Waals surface area (Å²) in [5.74, 6) is 0.308. The van der Waals surface area contributed by atoms with Gasteiger partial charge in [0.05, 0.1) is 18.0 Å². The highest BCUT2D eigenvalue weighted by molar-refractivity contribution is 7.85. The fraction of sp³-hybridized carbons (Fsp3) is 0.455. The molecule has 0 aromatic heterocycles. The zero-order valence-electron chi connectivity index (χ0n) is 10.2. The van der Waals surface area contributed by atoms with Gasteiger partial charge in [-0.25, -0.2) is 0 Å². The van der Waals surface area contributed by atoms with E-state index in [1.54, 1.807) is 12.1 Å². The van der Waals surface area contributed by atoms with E-state index in [-0.39, 0.29) is 5.75 Å². The van der Waals surface area contributed by atoms with Crippen LogP contribution in [0, 0.1) is 6.92 Å². The number of rotatable bonds is 6. The minimum Gasteiger partial charge on any atom is -0.491 e. The Kier molecular flexibility index (Phi) is 4.80. The van der Waals surface area contributed by atoms with Gasteiger partial charge in [-0.3, -0.25) is 4.55 Å². The second-order valence-corrected chi connectivity index (χ2v) is 5.67. The van der Waals surface area contributed by atoms with Crippen LogP contribution in [0.5, 0.6) is 5.75 Å². The molecule has 0 unspecified atom stereocenters. The predicted octanol–water partition coefficient (Wildman–Crippen LogP) is 1.21. The third kappa shape index (κ3) is 4.80. The number of hydrogen-bond acceptors (Lipinski definition) is 5. The topological polar surface area (TPSA) is 116 Å². The van der Waals surface area contributed by atoms with Gasteiger partial charge in [0.15, 0.2) is 0 Å². The molecule has 5 N–H and O–H groups in total. The van der Waals surface area contributed by atoms with Crippen LogP contribution in [-0.4, -0.2) is 25.3 Å². The second kappa shape index (κ2) is 5.92. The Morgan fingerprint density at radius 2 is 1.94 bits per heavy atom. The smallest absolute Gasteiger partial charge is 0.264 e. The maximum Gasteiger partial charge on any atom is 0.264 e. The van der Waals surface area contributed by atoms with Crippen LogP contribution in [0.15, 0.2) is 12.1 Å². The van der Waals surface area contributed by atoms with Gasteiger partial charge in [0.1, 0.15) is 5.75 Å². The molecule has 0 bridgehead atoms. The lowest BCUT2D eigenvalue weighted by Crippen LogP contribution is -2.07. The maximum atomic E-state index is 10.5. The van der Waals surface area contributed by atoms with Gasteiger partial charge in [0.2, 0.25) is 0 Å². The fourth-order valence-electron chi connectivity index (χ4n) is 1.59. The molecule has 1 aromatic carbocycles. The van der Waals surface area contributed by atoms with Crippen molar-refractivity contribution >= 4 is 21.5 Å². The number of anilines is 2. The molecule has 1 rings (SSSR count). The Morgan fingerprint density at radius 3 is 2.50 bits per heavy atom. The van der Waals surface area contributed by atoms with E-state index < -0.39 is 10.1 Å². The summed E-state index contributed by atoms with van der Waals surface area (Å²) in [4.78, 5) is 0. The highest BCUT2D eigenvalue weighted by atomic mass is 32.2. The molecule has 0 heterocycles. The molecule has 0 aliphatic heterocycles. The van der Waals surface area contributed by atoms with Crippen LogP contribution in [0.2, 0.25) is 0 Å². The van der Waals surface area contributed by atoms with Crippen molar-refractivity contribution in [1.82, 2.24) is 0 Å². The lowest BCUT2D eigenvalue weighted by Gasteiger charge is -2.12. The van der Waals surface area contributed by atoms with E-state index in [0.29, 0.717) is 36.6 Å². The summed E-state index contributed by atoms with van der Waals surface area (Å²) in [5.41, 5.74) is 13.3. The van der Waals surface area contributed by atoms with E-state index in [2.05, 4.69) is 0 Å². The van der Waals surface area contributed by atoms with Gasteiger partial charge in [0.25, 0.3) is 10.1 Å². The van der Waals surface area contributed by atoms with Crippen molar-refractivity contribution in [1.29, 1.82) is 0 Å². The fourth-order valence-corrected chi connectivity index (χ4v) is 2.16. The van der Waals surface area contributed by atoms with Gasteiger partial charge >= 0.3 is 0 Å². The Morgan fingerprint density at radius 1 is 1.28 bits per heavy atom. The lowest BCUT2D eigenvalue weighted by atomic mass is 10.1. The van der Waals surface area contributed by atoms with Crippen LogP contribution in [0.25, 0.3) is 0 Å². The molecule has 0 spiro atoms. The van der Waals surface area contributed by atoms with Gasteiger partial charge < -0.3 is 16.2 Å². The van der Waals surface area contributed by atoms with Crippen molar-refractivity contribution in [2.45, 2.75) is 19.8 Å². The summed E-state index contributed by atoms with van der Waals surface area (Å²) < 4.78 is 35.0. The molecule has 0 fully saturated rings. The molecule has 6 nitrogen and oxygen atoms in total. The average molecular weight is 274 g/mol. The number of nitrogens with two attached hydrogens (primary N) is 2. The SMILES string of the molecule is Cc1cc(N)cc(N)c1OCCCCS(=O)(=O)O. The lowest BCUT2D eigenvalue weighted by molar-refractivity contribution is 0.308. The number of aryl methyl sites for hydroxylation is 1. The third-order valence-corrected chi connectivity index (χ3v) is 3.17. The first-order chi connectivity index (χ1) is 8.29. The van der Waals surface area contributed by atoms with E-state index in [9.17, 15) is 8.42 Å². The van der Waals surface area contributed by atoms with E-state index in [1.165, 1.54) is 0 Å². The van der Waals surface area contributed by atoms with E-state index >= 15 is 0 Å². The van der Waals surface area contributed by atoms with Gasteiger partial charge in [-0.15, -0.1) is 0 Å². The normalized spacial score (nSPS) is 11.4. The number of benzene rings is 1. The molecule has 1 aromatic rings. The molecular formula is C11H18N2O4S. The Hall–Kier alpha value is -1.47. The van der Waals surface area contributed by atoms with Gasteiger partial charge in [0, 0.05) is 5.69 Å². The number of unbranched alkanes of at least 4 members (excludes halogenated alkanes) is 1. The van der Waals surface area contributed by atoms with Crippen molar-refractivity contribution in [3.63, 3.8) is 0 Å². The Labute approximate surface area is 107 Å². The van der Waals surface area contributed by atoms with E-state index in [1.807, 2.05) is 6.92 Å². The second-order valence-electron chi connectivity index (χ2n) is 4.10. The van der Waals surface area contributed by atoms with Crippen LogP contribution >= 0.6 is 0 Å². The molecule has 0 atom stereocenters. The number of nitrogen functional groups attached to an aromatic ring is 2. The van der Waals surface area contributed by atoms with Crippen LogP contribution in [-0.2, 0) is 10.1 Å². The minimum absolute atomic E-state index is 0.257. The van der Waals surface area contributed by atoms with E-state index in [4.69, 9.17) is 20.8 Å². The van der Waals surface area contributed by atoms with Crippen molar-refractivity contribution < 1.29 is 17.7 Å². The molecule has 0 aliphatic rings. The van der Waals surface area contributed by atoms with E-state index in [0.717, 1.165) is 5.56 Å². The first kappa shape index (κ1) is 14.6. The molecule has 0 amide bonds. The average Bonchev–Trinajstić information content (AvgIpc) is 2.19. The summed E-state index contributed by atoms with van der Waals surface area (Å²) in [6.07, 6.45) is 0.857.